The van der Waals surface area contributed by atoms with Gasteiger partial charge in [-0.3, -0.25) is 9.78 Å². The predicted molar refractivity (Wildman–Crippen MR) is 105 cm³/mol. The molecule has 0 saturated heterocycles. The number of fused-ring (bicyclic) bond motifs is 1. The fraction of sp³-hybridized carbons (Fsp3) is 0.333. The lowest BCUT2D eigenvalue weighted by Crippen LogP contribution is -2.31. The standard InChI is InChI=1S/C21H23N5O3/c1-25(12-10-16-5-3-4-11-22-16)21(27)20-18-14-29-19(13-26(18)24-23-20)15-6-8-17(28-2)9-7-15/h3-9,11,19H,10,12-14H2,1-2H3/t19-/m1/s1. The highest BCUT2D eigenvalue weighted by Crippen LogP contribution is 2.28. The molecule has 150 valence electrons. The average molecular weight is 393 g/mol. The molecule has 0 fully saturated rings. The van der Waals surface area contributed by atoms with Gasteiger partial charge in [0.2, 0.25) is 0 Å². The predicted octanol–water partition coefficient (Wildman–Crippen LogP) is 2.27. The number of rotatable bonds is 6. The van der Waals surface area contributed by atoms with Crippen molar-refractivity contribution in [1.29, 1.82) is 0 Å². The van der Waals surface area contributed by atoms with Crippen molar-refractivity contribution in [3.63, 3.8) is 0 Å². The molecule has 1 aliphatic rings. The van der Waals surface area contributed by atoms with Crippen LogP contribution in [0.25, 0.3) is 0 Å². The van der Waals surface area contributed by atoms with Crippen molar-refractivity contribution in [2.24, 2.45) is 0 Å². The van der Waals surface area contributed by atoms with E-state index in [4.69, 9.17) is 9.47 Å². The molecule has 4 rings (SSSR count). The number of likely N-dealkylation sites (N-methyl/N-ethyl adjacent to an activating group) is 1. The van der Waals surface area contributed by atoms with Crippen LogP contribution in [0.1, 0.15) is 33.5 Å². The van der Waals surface area contributed by atoms with Gasteiger partial charge in [0.25, 0.3) is 5.91 Å². The third kappa shape index (κ3) is 4.12. The fourth-order valence-electron chi connectivity index (χ4n) is 3.31. The minimum atomic E-state index is -0.159. The van der Waals surface area contributed by atoms with Crippen molar-refractivity contribution in [3.05, 3.63) is 71.3 Å². The minimum absolute atomic E-state index is 0.139. The van der Waals surface area contributed by atoms with Crippen LogP contribution >= 0.6 is 0 Å². The van der Waals surface area contributed by atoms with E-state index < -0.39 is 0 Å². The number of carbonyl (C=O) groups is 1. The van der Waals surface area contributed by atoms with Crippen LogP contribution in [0, 0.1) is 0 Å². The van der Waals surface area contributed by atoms with Gasteiger partial charge in [0.05, 0.1) is 26.0 Å². The van der Waals surface area contributed by atoms with Gasteiger partial charge in [-0.1, -0.05) is 23.4 Å². The van der Waals surface area contributed by atoms with Crippen LogP contribution in [0.3, 0.4) is 0 Å². The Morgan fingerprint density at radius 2 is 2.10 bits per heavy atom. The first-order chi connectivity index (χ1) is 14.2. The molecule has 3 heterocycles. The van der Waals surface area contributed by atoms with E-state index in [2.05, 4.69) is 15.3 Å². The average Bonchev–Trinajstić information content (AvgIpc) is 3.21. The number of pyridine rings is 1. The third-order valence-electron chi connectivity index (χ3n) is 5.06. The summed E-state index contributed by atoms with van der Waals surface area (Å²) in [5.74, 6) is 0.640. The van der Waals surface area contributed by atoms with Gasteiger partial charge in [-0.05, 0) is 29.8 Å². The molecule has 29 heavy (non-hydrogen) atoms. The second kappa shape index (κ2) is 8.40. The lowest BCUT2D eigenvalue weighted by Gasteiger charge is -2.25. The molecule has 1 atom stereocenters. The zero-order valence-electron chi connectivity index (χ0n) is 16.5. The Labute approximate surface area is 169 Å². The molecule has 2 aromatic heterocycles. The first kappa shape index (κ1) is 19.1. The van der Waals surface area contributed by atoms with Crippen molar-refractivity contribution in [1.82, 2.24) is 24.9 Å². The topological polar surface area (TPSA) is 82.4 Å². The molecule has 0 radical (unpaired) electrons. The monoisotopic (exact) mass is 393 g/mol. The fourth-order valence-corrected chi connectivity index (χ4v) is 3.31. The van der Waals surface area contributed by atoms with Gasteiger partial charge >= 0.3 is 0 Å². The molecule has 1 amide bonds. The van der Waals surface area contributed by atoms with E-state index >= 15 is 0 Å². The van der Waals surface area contributed by atoms with Crippen molar-refractivity contribution < 1.29 is 14.3 Å². The zero-order chi connectivity index (χ0) is 20.2. The SMILES string of the molecule is COc1ccc([C@H]2Cn3nnc(C(=O)N(C)CCc4ccccn4)c3CO2)cc1. The van der Waals surface area contributed by atoms with Crippen LogP contribution in [0.15, 0.2) is 48.7 Å². The van der Waals surface area contributed by atoms with Crippen LogP contribution in [0.2, 0.25) is 0 Å². The van der Waals surface area contributed by atoms with Crippen molar-refractivity contribution in [3.8, 4) is 5.75 Å². The molecule has 0 saturated carbocycles. The van der Waals surface area contributed by atoms with Crippen molar-refractivity contribution in [2.45, 2.75) is 25.7 Å². The number of hydrogen-bond acceptors (Lipinski definition) is 6. The maximum Gasteiger partial charge on any atom is 0.276 e. The summed E-state index contributed by atoms with van der Waals surface area (Å²) >= 11 is 0. The number of carbonyl (C=O) groups excluding carboxylic acids is 1. The quantitative estimate of drug-likeness (QED) is 0.639. The highest BCUT2D eigenvalue weighted by atomic mass is 16.5. The molecule has 1 aliphatic heterocycles. The Morgan fingerprint density at radius 1 is 1.28 bits per heavy atom. The summed E-state index contributed by atoms with van der Waals surface area (Å²) in [6.45, 7) is 1.36. The van der Waals surface area contributed by atoms with E-state index in [1.807, 2.05) is 42.5 Å². The van der Waals surface area contributed by atoms with Gasteiger partial charge in [0.15, 0.2) is 5.69 Å². The zero-order valence-corrected chi connectivity index (χ0v) is 16.5. The highest BCUT2D eigenvalue weighted by molar-refractivity contribution is 5.93. The van der Waals surface area contributed by atoms with Crippen LogP contribution < -0.4 is 4.74 Å². The van der Waals surface area contributed by atoms with Gasteiger partial charge in [0, 0.05) is 31.9 Å². The molecule has 0 bridgehead atoms. The van der Waals surface area contributed by atoms with Gasteiger partial charge in [-0.15, -0.1) is 5.10 Å². The van der Waals surface area contributed by atoms with E-state index in [1.165, 1.54) is 0 Å². The van der Waals surface area contributed by atoms with E-state index in [1.54, 1.807) is 29.9 Å². The molecule has 0 unspecified atom stereocenters. The molecule has 1 aromatic carbocycles. The van der Waals surface area contributed by atoms with Crippen LogP contribution in [0.5, 0.6) is 5.75 Å². The number of hydrogen-bond donors (Lipinski definition) is 0. The summed E-state index contributed by atoms with van der Waals surface area (Å²) in [4.78, 5) is 18.8. The lowest BCUT2D eigenvalue weighted by atomic mass is 10.1. The maximum absolute atomic E-state index is 12.8. The molecule has 3 aromatic rings. The Hall–Kier alpha value is -3.26. The van der Waals surface area contributed by atoms with Crippen molar-refractivity contribution in [2.75, 3.05) is 20.7 Å². The number of nitrogens with zero attached hydrogens (tertiary/aromatic N) is 5. The van der Waals surface area contributed by atoms with Gasteiger partial charge in [-0.2, -0.15) is 0 Å². The number of amides is 1. The van der Waals surface area contributed by atoms with E-state index in [0.29, 0.717) is 37.5 Å². The first-order valence-corrected chi connectivity index (χ1v) is 9.49. The Morgan fingerprint density at radius 3 is 2.83 bits per heavy atom. The van der Waals surface area contributed by atoms with Crippen molar-refractivity contribution >= 4 is 5.91 Å². The van der Waals surface area contributed by atoms with Gasteiger partial charge in [-0.25, -0.2) is 4.68 Å². The summed E-state index contributed by atoms with van der Waals surface area (Å²) in [7, 11) is 3.40. The smallest absolute Gasteiger partial charge is 0.276 e. The molecule has 0 N–H and O–H groups in total. The van der Waals surface area contributed by atoms with Gasteiger partial charge in [0.1, 0.15) is 11.9 Å². The number of ether oxygens (including phenoxy) is 2. The second-order valence-electron chi connectivity index (χ2n) is 6.94. The summed E-state index contributed by atoms with van der Waals surface area (Å²) in [6, 6.07) is 13.5. The molecule has 8 heteroatoms. The van der Waals surface area contributed by atoms with E-state index in [0.717, 1.165) is 17.0 Å². The van der Waals surface area contributed by atoms with E-state index in [-0.39, 0.29) is 12.0 Å². The summed E-state index contributed by atoms with van der Waals surface area (Å²) in [6.07, 6.45) is 2.30. The molecular formula is C21H23N5O3. The Balaban J connectivity index is 1.42. The molecule has 0 aliphatic carbocycles. The maximum atomic E-state index is 12.8. The molecular weight excluding hydrogens is 370 g/mol. The highest BCUT2D eigenvalue weighted by Gasteiger charge is 2.29. The summed E-state index contributed by atoms with van der Waals surface area (Å²) in [5, 5.41) is 8.33. The third-order valence-corrected chi connectivity index (χ3v) is 5.06. The number of aromatic nitrogens is 4. The largest absolute Gasteiger partial charge is 0.497 e. The van der Waals surface area contributed by atoms with Gasteiger partial charge < -0.3 is 14.4 Å². The summed E-state index contributed by atoms with van der Waals surface area (Å²) in [5.41, 5.74) is 3.04. The van der Waals surface area contributed by atoms with Crippen LogP contribution in [0.4, 0.5) is 0 Å². The van der Waals surface area contributed by atoms with E-state index in [9.17, 15) is 4.79 Å². The number of benzene rings is 1. The lowest BCUT2D eigenvalue weighted by molar-refractivity contribution is -0.00193. The summed E-state index contributed by atoms with van der Waals surface area (Å²) < 4.78 is 13.0. The Kier molecular flexibility index (Phi) is 5.53. The van der Waals surface area contributed by atoms with Crippen LogP contribution in [-0.4, -0.2) is 51.5 Å². The molecule has 8 nitrogen and oxygen atoms in total. The van der Waals surface area contributed by atoms with Crippen LogP contribution in [-0.2, 0) is 24.3 Å². The number of methoxy groups -OCH3 is 1. The first-order valence-electron chi connectivity index (χ1n) is 9.49. The Bertz CT molecular complexity index is 972. The molecule has 0 spiro atoms. The second-order valence-corrected chi connectivity index (χ2v) is 6.94. The normalized spacial score (nSPS) is 15.6. The minimum Gasteiger partial charge on any atom is -0.497 e.